The summed E-state index contributed by atoms with van der Waals surface area (Å²) in [7, 11) is 0. The minimum absolute atomic E-state index is 0.0616. The largest absolute Gasteiger partial charge is 0.326 e. The summed E-state index contributed by atoms with van der Waals surface area (Å²) in [5.41, 5.74) is 3.41. The van der Waals surface area contributed by atoms with E-state index in [9.17, 15) is 9.18 Å². The van der Waals surface area contributed by atoms with Crippen LogP contribution in [0.5, 0.6) is 0 Å². The third-order valence-electron chi connectivity index (χ3n) is 4.22. The van der Waals surface area contributed by atoms with E-state index in [2.05, 4.69) is 10.3 Å². The number of carbonyl (C=O) groups excluding carboxylic acids is 1. The molecule has 3 rings (SSSR count). The number of carbonyl (C=O) groups is 1. The first kappa shape index (κ1) is 14.7. The third kappa shape index (κ3) is 3.32. The molecule has 1 amide bonds. The fourth-order valence-electron chi connectivity index (χ4n) is 2.68. The molecule has 1 heterocycles. The second-order valence-electron chi connectivity index (χ2n) is 5.94. The number of hydrogen-bond acceptors (Lipinski definition) is 2. The maximum atomic E-state index is 13.0. The lowest BCUT2D eigenvalue weighted by atomic mass is 9.83. The van der Waals surface area contributed by atoms with Gasteiger partial charge in [0.05, 0.1) is 11.9 Å². The van der Waals surface area contributed by atoms with Gasteiger partial charge in [-0.1, -0.05) is 12.5 Å². The summed E-state index contributed by atoms with van der Waals surface area (Å²) in [5.74, 6) is 0.251. The molecule has 0 unspecified atom stereocenters. The fourth-order valence-corrected chi connectivity index (χ4v) is 2.68. The first-order valence-electron chi connectivity index (χ1n) is 7.64. The van der Waals surface area contributed by atoms with Crippen LogP contribution in [0.1, 0.15) is 31.2 Å². The van der Waals surface area contributed by atoms with E-state index < -0.39 is 0 Å². The number of pyridine rings is 1. The van der Waals surface area contributed by atoms with Crippen LogP contribution in [0.25, 0.3) is 11.3 Å². The van der Waals surface area contributed by atoms with Crippen molar-refractivity contribution in [1.82, 2.24) is 4.98 Å². The van der Waals surface area contributed by atoms with E-state index in [1.807, 2.05) is 25.1 Å². The first-order valence-corrected chi connectivity index (χ1v) is 7.64. The van der Waals surface area contributed by atoms with E-state index in [0.29, 0.717) is 18.0 Å². The Labute approximate surface area is 129 Å². The van der Waals surface area contributed by atoms with E-state index in [-0.39, 0.29) is 11.7 Å². The smallest absolute Gasteiger partial charge is 0.224 e. The monoisotopic (exact) mass is 298 g/mol. The number of amides is 1. The van der Waals surface area contributed by atoms with Gasteiger partial charge in [0.2, 0.25) is 5.91 Å². The number of rotatable bonds is 4. The number of benzene rings is 1. The lowest BCUT2D eigenvalue weighted by Gasteiger charge is -2.24. The van der Waals surface area contributed by atoms with Gasteiger partial charge in [-0.2, -0.15) is 0 Å². The zero-order valence-corrected chi connectivity index (χ0v) is 12.6. The summed E-state index contributed by atoms with van der Waals surface area (Å²) < 4.78 is 13.0. The molecule has 1 N–H and O–H groups in total. The number of aryl methyl sites for hydroxylation is 1. The Morgan fingerprint density at radius 2 is 2.14 bits per heavy atom. The molecule has 2 aromatic rings. The maximum Gasteiger partial charge on any atom is 0.224 e. The van der Waals surface area contributed by atoms with Crippen LogP contribution in [-0.2, 0) is 4.79 Å². The Hall–Kier alpha value is -2.23. The van der Waals surface area contributed by atoms with Crippen molar-refractivity contribution in [2.45, 2.75) is 32.6 Å². The number of hydrogen-bond donors (Lipinski definition) is 1. The normalized spacial score (nSPS) is 14.5. The Bertz CT molecular complexity index is 678. The Balaban J connectivity index is 1.77. The van der Waals surface area contributed by atoms with Crippen molar-refractivity contribution >= 4 is 11.6 Å². The fraction of sp³-hybridized carbons (Fsp3) is 0.333. The van der Waals surface area contributed by atoms with Gasteiger partial charge in [0.15, 0.2) is 0 Å². The molecule has 0 saturated heterocycles. The van der Waals surface area contributed by atoms with Gasteiger partial charge in [0, 0.05) is 17.7 Å². The van der Waals surface area contributed by atoms with Gasteiger partial charge in [0.25, 0.3) is 0 Å². The van der Waals surface area contributed by atoms with Crippen molar-refractivity contribution in [2.75, 3.05) is 5.32 Å². The molecular formula is C18H19FN2O. The Morgan fingerprint density at radius 1 is 1.32 bits per heavy atom. The van der Waals surface area contributed by atoms with Crippen molar-refractivity contribution in [3.63, 3.8) is 0 Å². The van der Waals surface area contributed by atoms with Crippen LogP contribution in [0.3, 0.4) is 0 Å². The van der Waals surface area contributed by atoms with Crippen molar-refractivity contribution in [2.24, 2.45) is 5.92 Å². The van der Waals surface area contributed by atoms with Gasteiger partial charge in [0.1, 0.15) is 5.82 Å². The third-order valence-corrected chi connectivity index (χ3v) is 4.22. The molecular weight excluding hydrogens is 279 g/mol. The number of halogens is 1. The van der Waals surface area contributed by atoms with Gasteiger partial charge in [-0.3, -0.25) is 9.78 Å². The summed E-state index contributed by atoms with van der Waals surface area (Å²) in [5, 5.41) is 2.95. The highest BCUT2D eigenvalue weighted by atomic mass is 19.1. The molecule has 0 atom stereocenters. The van der Waals surface area contributed by atoms with E-state index >= 15 is 0 Å². The number of nitrogens with zero attached hydrogens (tertiary/aromatic N) is 1. The molecule has 1 aromatic heterocycles. The van der Waals surface area contributed by atoms with Gasteiger partial charge >= 0.3 is 0 Å². The van der Waals surface area contributed by atoms with Crippen LogP contribution in [0.4, 0.5) is 10.1 Å². The summed E-state index contributed by atoms with van der Waals surface area (Å²) in [6.07, 6.45) is 5.36. The number of nitrogens with one attached hydrogen (secondary N) is 1. The highest BCUT2D eigenvalue weighted by Crippen LogP contribution is 2.30. The predicted octanol–water partition coefficient (Wildman–Crippen LogP) is 4.32. The second-order valence-corrected chi connectivity index (χ2v) is 5.94. The maximum absolute atomic E-state index is 13.0. The molecule has 1 fully saturated rings. The van der Waals surface area contributed by atoms with Crippen LogP contribution in [0.2, 0.25) is 0 Å². The molecule has 114 valence electrons. The van der Waals surface area contributed by atoms with Crippen molar-refractivity contribution in [1.29, 1.82) is 0 Å². The van der Waals surface area contributed by atoms with Crippen molar-refractivity contribution in [3.05, 3.63) is 47.9 Å². The average Bonchev–Trinajstić information content (AvgIpc) is 2.46. The summed E-state index contributed by atoms with van der Waals surface area (Å²) in [6.45, 7) is 1.97. The van der Waals surface area contributed by atoms with Gasteiger partial charge in [-0.05, 0) is 55.5 Å². The highest BCUT2D eigenvalue weighted by molar-refractivity contribution is 5.91. The first-order chi connectivity index (χ1) is 10.6. The van der Waals surface area contributed by atoms with E-state index in [4.69, 9.17) is 0 Å². The molecule has 0 aliphatic heterocycles. The Kier molecular flexibility index (Phi) is 4.18. The van der Waals surface area contributed by atoms with Gasteiger partial charge in [-0.25, -0.2) is 4.39 Å². The molecule has 4 heteroatoms. The van der Waals surface area contributed by atoms with E-state index in [1.54, 1.807) is 6.07 Å². The zero-order chi connectivity index (χ0) is 15.5. The molecule has 1 saturated carbocycles. The molecule has 0 spiro atoms. The van der Waals surface area contributed by atoms with Crippen molar-refractivity contribution < 1.29 is 9.18 Å². The van der Waals surface area contributed by atoms with Crippen LogP contribution >= 0.6 is 0 Å². The second kappa shape index (κ2) is 6.26. The lowest BCUT2D eigenvalue weighted by Crippen LogP contribution is -2.20. The molecule has 3 nitrogen and oxygen atoms in total. The van der Waals surface area contributed by atoms with E-state index in [0.717, 1.165) is 29.7 Å². The SMILES string of the molecule is Cc1ccc(NC(=O)CC2CCC2)cc1-c1ccc(F)cn1. The summed E-state index contributed by atoms with van der Waals surface area (Å²) >= 11 is 0. The van der Waals surface area contributed by atoms with Crippen LogP contribution in [0.15, 0.2) is 36.5 Å². The van der Waals surface area contributed by atoms with Crippen molar-refractivity contribution in [3.8, 4) is 11.3 Å². The van der Waals surface area contributed by atoms with Crippen LogP contribution < -0.4 is 5.32 Å². The molecule has 0 bridgehead atoms. The lowest BCUT2D eigenvalue weighted by molar-refractivity contribution is -0.117. The van der Waals surface area contributed by atoms with Gasteiger partial charge < -0.3 is 5.32 Å². The Morgan fingerprint density at radius 3 is 2.77 bits per heavy atom. The van der Waals surface area contributed by atoms with Crippen LogP contribution in [-0.4, -0.2) is 10.9 Å². The molecule has 1 aliphatic rings. The number of aromatic nitrogens is 1. The highest BCUT2D eigenvalue weighted by Gasteiger charge is 2.20. The van der Waals surface area contributed by atoms with Crippen LogP contribution in [0, 0.1) is 18.7 Å². The molecule has 1 aliphatic carbocycles. The van der Waals surface area contributed by atoms with E-state index in [1.165, 1.54) is 18.7 Å². The molecule has 22 heavy (non-hydrogen) atoms. The number of anilines is 1. The predicted molar refractivity (Wildman–Crippen MR) is 85.0 cm³/mol. The molecule has 0 radical (unpaired) electrons. The molecule has 1 aromatic carbocycles. The quantitative estimate of drug-likeness (QED) is 0.913. The minimum Gasteiger partial charge on any atom is -0.326 e. The zero-order valence-electron chi connectivity index (χ0n) is 12.6. The standard InChI is InChI=1S/C18H19FN2O/c1-12-5-7-15(21-18(22)9-13-3-2-4-13)10-16(12)17-8-6-14(19)11-20-17/h5-8,10-11,13H,2-4,9H2,1H3,(H,21,22). The van der Waals surface area contributed by atoms with Gasteiger partial charge in [-0.15, -0.1) is 0 Å². The minimum atomic E-state index is -0.355. The topological polar surface area (TPSA) is 42.0 Å². The summed E-state index contributed by atoms with van der Waals surface area (Å²) in [4.78, 5) is 16.1. The average molecular weight is 298 g/mol. The summed E-state index contributed by atoms with van der Waals surface area (Å²) in [6, 6.07) is 8.77.